The third-order valence-corrected chi connectivity index (χ3v) is 4.38. The van der Waals surface area contributed by atoms with Gasteiger partial charge in [0.25, 0.3) is 0 Å². The van der Waals surface area contributed by atoms with Crippen LogP contribution in [-0.4, -0.2) is 48.0 Å². The van der Waals surface area contributed by atoms with Crippen LogP contribution in [0.5, 0.6) is 5.75 Å². The summed E-state index contributed by atoms with van der Waals surface area (Å²) in [5.74, 6) is 1.12. The van der Waals surface area contributed by atoms with Crippen molar-refractivity contribution in [1.82, 2.24) is 9.80 Å². The first-order valence-corrected chi connectivity index (χ1v) is 8.29. The van der Waals surface area contributed by atoms with Gasteiger partial charge in [-0.3, -0.25) is 9.69 Å². The van der Waals surface area contributed by atoms with E-state index < -0.39 is 0 Å². The van der Waals surface area contributed by atoms with E-state index in [-0.39, 0.29) is 11.9 Å². The van der Waals surface area contributed by atoms with Gasteiger partial charge in [-0.05, 0) is 58.0 Å². The van der Waals surface area contributed by atoms with Gasteiger partial charge >= 0.3 is 0 Å². The average Bonchev–Trinajstić information content (AvgIpc) is 3.37. The van der Waals surface area contributed by atoms with Gasteiger partial charge in [-0.2, -0.15) is 0 Å². The topological polar surface area (TPSA) is 32.8 Å². The first-order chi connectivity index (χ1) is 10.6. The zero-order chi connectivity index (χ0) is 16.1. The molecule has 1 aliphatic rings. The molecule has 0 bridgehead atoms. The second kappa shape index (κ2) is 7.63. The van der Waals surface area contributed by atoms with Crippen LogP contribution in [0.25, 0.3) is 0 Å². The Morgan fingerprint density at radius 3 is 2.41 bits per heavy atom. The molecule has 0 N–H and O–H groups in total. The maximum Gasteiger partial charge on any atom is 0.240 e. The van der Waals surface area contributed by atoms with Crippen molar-refractivity contribution in [1.29, 1.82) is 0 Å². The highest BCUT2D eigenvalue weighted by molar-refractivity contribution is 5.82. The van der Waals surface area contributed by atoms with Gasteiger partial charge in [0.1, 0.15) is 5.75 Å². The number of likely N-dealkylation sites (N-methyl/N-ethyl adjacent to an activating group) is 1. The summed E-state index contributed by atoms with van der Waals surface area (Å²) < 4.78 is 5.47. The summed E-state index contributed by atoms with van der Waals surface area (Å²) >= 11 is 0. The van der Waals surface area contributed by atoms with Crippen molar-refractivity contribution in [3.63, 3.8) is 0 Å². The van der Waals surface area contributed by atoms with Crippen LogP contribution in [0.1, 0.15) is 39.2 Å². The average molecular weight is 304 g/mol. The molecule has 1 fully saturated rings. The van der Waals surface area contributed by atoms with E-state index in [4.69, 9.17) is 4.74 Å². The minimum Gasteiger partial charge on any atom is -0.494 e. The molecule has 1 atom stereocenters. The quantitative estimate of drug-likeness (QED) is 0.740. The summed E-state index contributed by atoms with van der Waals surface area (Å²) in [7, 11) is 2.00. The molecule has 22 heavy (non-hydrogen) atoms. The van der Waals surface area contributed by atoms with Crippen molar-refractivity contribution in [2.45, 2.75) is 52.2 Å². The van der Waals surface area contributed by atoms with Crippen LogP contribution in [0, 0.1) is 0 Å². The summed E-state index contributed by atoms with van der Waals surface area (Å²) in [5, 5.41) is 0. The van der Waals surface area contributed by atoms with Gasteiger partial charge in [-0.25, -0.2) is 0 Å². The van der Waals surface area contributed by atoms with Crippen LogP contribution in [-0.2, 0) is 11.3 Å². The first-order valence-electron chi connectivity index (χ1n) is 8.29. The number of rotatable bonds is 8. The molecule has 0 saturated heterocycles. The number of carbonyl (C=O) groups excluding carboxylic acids is 1. The highest BCUT2D eigenvalue weighted by atomic mass is 16.5. The van der Waals surface area contributed by atoms with E-state index in [1.807, 2.05) is 37.9 Å². The number of hydrogen-bond donors (Lipinski definition) is 0. The van der Waals surface area contributed by atoms with Gasteiger partial charge < -0.3 is 9.64 Å². The van der Waals surface area contributed by atoms with Crippen molar-refractivity contribution in [2.24, 2.45) is 0 Å². The molecule has 0 spiro atoms. The lowest BCUT2D eigenvalue weighted by molar-refractivity contribution is -0.137. The summed E-state index contributed by atoms with van der Waals surface area (Å²) in [5.41, 5.74) is 1.16. The lowest BCUT2D eigenvalue weighted by Gasteiger charge is -2.30. The number of amides is 1. The lowest BCUT2D eigenvalue weighted by Crippen LogP contribution is -2.46. The Bertz CT molecular complexity index is 482. The van der Waals surface area contributed by atoms with E-state index in [1.165, 1.54) is 0 Å². The molecular weight excluding hydrogens is 276 g/mol. The smallest absolute Gasteiger partial charge is 0.240 e. The van der Waals surface area contributed by atoms with Gasteiger partial charge in [-0.15, -0.1) is 0 Å². The van der Waals surface area contributed by atoms with Crippen LogP contribution in [0.4, 0.5) is 0 Å². The predicted molar refractivity (Wildman–Crippen MR) is 88.9 cm³/mol. The molecule has 0 heterocycles. The maximum atomic E-state index is 12.8. The van der Waals surface area contributed by atoms with E-state index in [0.29, 0.717) is 19.2 Å². The lowest BCUT2D eigenvalue weighted by atomic mass is 10.1. The molecule has 0 aliphatic heterocycles. The van der Waals surface area contributed by atoms with Crippen LogP contribution in [0.15, 0.2) is 24.3 Å². The Labute approximate surface area is 134 Å². The zero-order valence-electron chi connectivity index (χ0n) is 14.2. The molecule has 0 radical (unpaired) electrons. The first kappa shape index (κ1) is 16.8. The Morgan fingerprint density at radius 2 is 1.91 bits per heavy atom. The van der Waals surface area contributed by atoms with Gasteiger partial charge in [-0.1, -0.05) is 19.1 Å². The van der Waals surface area contributed by atoms with Gasteiger partial charge in [0.15, 0.2) is 0 Å². The molecule has 0 unspecified atom stereocenters. The summed E-state index contributed by atoms with van der Waals surface area (Å²) in [6, 6.07) is 8.44. The number of nitrogens with zero attached hydrogens (tertiary/aromatic N) is 2. The van der Waals surface area contributed by atoms with Crippen molar-refractivity contribution < 1.29 is 9.53 Å². The molecule has 2 rings (SSSR count). The van der Waals surface area contributed by atoms with E-state index in [0.717, 1.165) is 30.7 Å². The third-order valence-electron chi connectivity index (χ3n) is 4.38. The highest BCUT2D eigenvalue weighted by Gasteiger charge is 2.35. The van der Waals surface area contributed by atoms with E-state index in [1.54, 1.807) is 0 Å². The van der Waals surface area contributed by atoms with Crippen LogP contribution >= 0.6 is 0 Å². The Kier molecular flexibility index (Phi) is 5.83. The minimum atomic E-state index is -0.0618. The number of carbonyl (C=O) groups is 1. The number of hydrogen-bond acceptors (Lipinski definition) is 3. The monoisotopic (exact) mass is 304 g/mol. The van der Waals surface area contributed by atoms with Crippen LogP contribution in [0.2, 0.25) is 0 Å². The zero-order valence-corrected chi connectivity index (χ0v) is 14.2. The minimum absolute atomic E-state index is 0.0618. The second-order valence-electron chi connectivity index (χ2n) is 6.02. The SMILES string of the molecule is CCOc1ccc(CN(C(=O)[C@@H](C)N(C)CC)C2CC2)cc1. The summed E-state index contributed by atoms with van der Waals surface area (Å²) in [6.45, 7) is 8.31. The van der Waals surface area contributed by atoms with Crippen molar-refractivity contribution in [2.75, 3.05) is 20.2 Å². The Morgan fingerprint density at radius 1 is 1.27 bits per heavy atom. The molecule has 4 heteroatoms. The van der Waals surface area contributed by atoms with Crippen LogP contribution in [0.3, 0.4) is 0 Å². The van der Waals surface area contributed by atoms with Gasteiger partial charge in [0, 0.05) is 12.6 Å². The summed E-state index contributed by atoms with van der Waals surface area (Å²) in [4.78, 5) is 16.9. The Hall–Kier alpha value is -1.55. The van der Waals surface area contributed by atoms with E-state index in [2.05, 4.69) is 24.0 Å². The number of benzene rings is 1. The van der Waals surface area contributed by atoms with Crippen molar-refractivity contribution in [3.05, 3.63) is 29.8 Å². The predicted octanol–water partition coefficient (Wildman–Crippen LogP) is 2.92. The van der Waals surface area contributed by atoms with Crippen molar-refractivity contribution in [3.8, 4) is 5.75 Å². The molecule has 1 aromatic carbocycles. The maximum absolute atomic E-state index is 12.8. The molecular formula is C18H28N2O2. The second-order valence-corrected chi connectivity index (χ2v) is 6.02. The van der Waals surface area contributed by atoms with E-state index in [9.17, 15) is 4.79 Å². The molecule has 1 aromatic rings. The fraction of sp³-hybridized carbons (Fsp3) is 0.611. The fourth-order valence-corrected chi connectivity index (χ4v) is 2.53. The largest absolute Gasteiger partial charge is 0.494 e. The van der Waals surface area contributed by atoms with E-state index >= 15 is 0 Å². The highest BCUT2D eigenvalue weighted by Crippen LogP contribution is 2.29. The van der Waals surface area contributed by atoms with Gasteiger partial charge in [0.2, 0.25) is 5.91 Å². The molecule has 1 amide bonds. The number of ether oxygens (including phenoxy) is 1. The van der Waals surface area contributed by atoms with Crippen LogP contribution < -0.4 is 4.74 Å². The summed E-state index contributed by atoms with van der Waals surface area (Å²) in [6.07, 6.45) is 2.26. The Balaban J connectivity index is 2.04. The third kappa shape index (κ3) is 4.23. The molecule has 122 valence electrons. The molecule has 1 aliphatic carbocycles. The normalized spacial score (nSPS) is 15.7. The molecule has 1 saturated carbocycles. The standard InChI is InChI=1S/C18H28N2O2/c1-5-19(4)14(3)18(21)20(16-9-10-16)13-15-7-11-17(12-8-15)22-6-2/h7-8,11-12,14,16H,5-6,9-10,13H2,1-4H3/t14-/m1/s1. The van der Waals surface area contributed by atoms with Crippen molar-refractivity contribution >= 4 is 5.91 Å². The fourth-order valence-electron chi connectivity index (χ4n) is 2.53. The molecule has 0 aromatic heterocycles. The van der Waals surface area contributed by atoms with Gasteiger partial charge in [0.05, 0.1) is 12.6 Å². The molecule has 4 nitrogen and oxygen atoms in total.